The molecule has 0 saturated carbocycles. The van der Waals surface area contributed by atoms with Crippen LogP contribution in [0.3, 0.4) is 0 Å². The van der Waals surface area contributed by atoms with Gasteiger partial charge >= 0.3 is 0 Å². The summed E-state index contributed by atoms with van der Waals surface area (Å²) in [5, 5.41) is 12.7. The van der Waals surface area contributed by atoms with Crippen molar-refractivity contribution in [3.63, 3.8) is 0 Å². The summed E-state index contributed by atoms with van der Waals surface area (Å²) in [6, 6.07) is 11.8. The molecule has 0 aliphatic rings. The summed E-state index contributed by atoms with van der Waals surface area (Å²) < 4.78 is 3.81. The van der Waals surface area contributed by atoms with Gasteiger partial charge in [0.25, 0.3) is 5.91 Å². The van der Waals surface area contributed by atoms with Crippen molar-refractivity contribution in [2.75, 3.05) is 5.32 Å². The molecule has 0 unspecified atom stereocenters. The van der Waals surface area contributed by atoms with E-state index in [9.17, 15) is 4.79 Å². The molecule has 1 N–H and O–H groups in total. The van der Waals surface area contributed by atoms with Crippen LogP contribution in [0.2, 0.25) is 0 Å². The number of aromatic nitrogens is 5. The molecule has 0 aliphatic carbocycles. The van der Waals surface area contributed by atoms with Gasteiger partial charge in [-0.2, -0.15) is 10.2 Å². The SMILES string of the molecule is Cc1cc(C)n(Cc2cccc(C(=O)Nc3cnc4c(cnn4C(C)C)c3)c2)n1. The van der Waals surface area contributed by atoms with Crippen molar-refractivity contribution in [1.82, 2.24) is 24.5 Å². The minimum absolute atomic E-state index is 0.169. The number of carbonyl (C=O) groups is 1. The van der Waals surface area contributed by atoms with Gasteiger partial charge in [0.1, 0.15) is 0 Å². The molecule has 0 spiro atoms. The molecule has 0 bridgehead atoms. The molecule has 29 heavy (non-hydrogen) atoms. The summed E-state index contributed by atoms with van der Waals surface area (Å²) in [4.78, 5) is 17.2. The molecule has 3 aromatic heterocycles. The Hall–Kier alpha value is -3.48. The largest absolute Gasteiger partial charge is 0.321 e. The van der Waals surface area contributed by atoms with Crippen LogP contribution in [0.25, 0.3) is 11.0 Å². The Morgan fingerprint density at radius 1 is 1.14 bits per heavy atom. The molecule has 4 aromatic rings. The molecule has 0 radical (unpaired) electrons. The zero-order valence-electron chi connectivity index (χ0n) is 17.0. The highest BCUT2D eigenvalue weighted by atomic mass is 16.1. The number of carbonyl (C=O) groups excluding carboxylic acids is 1. The van der Waals surface area contributed by atoms with Crippen LogP contribution in [0.4, 0.5) is 5.69 Å². The lowest BCUT2D eigenvalue weighted by atomic mass is 10.1. The van der Waals surface area contributed by atoms with Crippen LogP contribution in [0, 0.1) is 13.8 Å². The highest BCUT2D eigenvalue weighted by molar-refractivity contribution is 6.04. The van der Waals surface area contributed by atoms with Gasteiger partial charge in [0.15, 0.2) is 5.65 Å². The van der Waals surface area contributed by atoms with E-state index < -0.39 is 0 Å². The monoisotopic (exact) mass is 388 g/mol. The van der Waals surface area contributed by atoms with Crippen molar-refractivity contribution in [3.8, 4) is 0 Å². The van der Waals surface area contributed by atoms with Gasteiger partial charge in [-0.3, -0.25) is 9.48 Å². The molecule has 1 aromatic carbocycles. The van der Waals surface area contributed by atoms with Crippen LogP contribution in [0.15, 0.2) is 48.8 Å². The number of benzene rings is 1. The van der Waals surface area contributed by atoms with Crippen molar-refractivity contribution in [2.24, 2.45) is 0 Å². The smallest absolute Gasteiger partial charge is 0.255 e. The second-order valence-electron chi connectivity index (χ2n) is 7.56. The minimum atomic E-state index is -0.169. The highest BCUT2D eigenvalue weighted by Crippen LogP contribution is 2.20. The summed E-state index contributed by atoms with van der Waals surface area (Å²) >= 11 is 0. The normalized spacial score (nSPS) is 11.3. The van der Waals surface area contributed by atoms with E-state index in [1.165, 1.54) is 0 Å². The van der Waals surface area contributed by atoms with Crippen LogP contribution >= 0.6 is 0 Å². The van der Waals surface area contributed by atoms with Gasteiger partial charge in [-0.1, -0.05) is 12.1 Å². The molecular weight excluding hydrogens is 364 g/mol. The van der Waals surface area contributed by atoms with Crippen LogP contribution in [0.5, 0.6) is 0 Å². The first-order valence-corrected chi connectivity index (χ1v) is 9.65. The van der Waals surface area contributed by atoms with E-state index >= 15 is 0 Å². The van der Waals surface area contributed by atoms with E-state index in [0.29, 0.717) is 17.8 Å². The maximum absolute atomic E-state index is 12.8. The quantitative estimate of drug-likeness (QED) is 0.558. The number of aryl methyl sites for hydroxylation is 2. The Balaban J connectivity index is 1.52. The minimum Gasteiger partial charge on any atom is -0.321 e. The third-order valence-electron chi connectivity index (χ3n) is 4.81. The molecule has 148 valence electrons. The molecule has 7 nitrogen and oxygen atoms in total. The first kappa shape index (κ1) is 18.9. The highest BCUT2D eigenvalue weighted by Gasteiger charge is 2.11. The fraction of sp³-hybridized carbons (Fsp3) is 0.273. The summed E-state index contributed by atoms with van der Waals surface area (Å²) in [5.41, 5.74) is 5.16. The van der Waals surface area contributed by atoms with Crippen LogP contribution in [0.1, 0.15) is 47.2 Å². The topological polar surface area (TPSA) is 77.6 Å². The number of hydrogen-bond acceptors (Lipinski definition) is 4. The van der Waals surface area contributed by atoms with E-state index in [1.54, 1.807) is 12.4 Å². The number of amides is 1. The average Bonchev–Trinajstić information content (AvgIpc) is 3.24. The van der Waals surface area contributed by atoms with Crippen molar-refractivity contribution in [1.29, 1.82) is 0 Å². The summed E-state index contributed by atoms with van der Waals surface area (Å²) in [6.45, 7) is 8.75. The van der Waals surface area contributed by atoms with E-state index in [-0.39, 0.29) is 11.9 Å². The molecule has 7 heteroatoms. The third kappa shape index (κ3) is 3.89. The maximum atomic E-state index is 12.8. The van der Waals surface area contributed by atoms with Gasteiger partial charge in [0.2, 0.25) is 0 Å². The molecule has 0 aliphatic heterocycles. The maximum Gasteiger partial charge on any atom is 0.255 e. The number of hydrogen-bond donors (Lipinski definition) is 1. The van der Waals surface area contributed by atoms with E-state index in [2.05, 4.69) is 34.3 Å². The Morgan fingerprint density at radius 3 is 2.69 bits per heavy atom. The van der Waals surface area contributed by atoms with E-state index in [4.69, 9.17) is 0 Å². The van der Waals surface area contributed by atoms with Gasteiger partial charge in [0.05, 0.1) is 30.3 Å². The number of pyridine rings is 1. The van der Waals surface area contributed by atoms with Crippen molar-refractivity contribution >= 4 is 22.6 Å². The van der Waals surface area contributed by atoms with E-state index in [0.717, 1.165) is 28.0 Å². The molecule has 0 fully saturated rings. The van der Waals surface area contributed by atoms with Crippen molar-refractivity contribution in [3.05, 3.63) is 71.3 Å². The Kier molecular flexibility index (Phi) is 4.88. The molecule has 4 rings (SSSR count). The summed E-state index contributed by atoms with van der Waals surface area (Å²) in [6.07, 6.45) is 3.44. The molecule has 3 heterocycles. The first-order chi connectivity index (χ1) is 13.9. The third-order valence-corrected chi connectivity index (χ3v) is 4.81. The zero-order chi connectivity index (χ0) is 20.5. The number of nitrogens with one attached hydrogen (secondary N) is 1. The van der Waals surface area contributed by atoms with Crippen LogP contribution in [-0.2, 0) is 6.54 Å². The first-order valence-electron chi connectivity index (χ1n) is 9.65. The lowest BCUT2D eigenvalue weighted by Gasteiger charge is -2.09. The van der Waals surface area contributed by atoms with Gasteiger partial charge in [-0.05, 0) is 57.5 Å². The molecular formula is C22H24N6O. The van der Waals surface area contributed by atoms with Gasteiger partial charge in [-0.15, -0.1) is 0 Å². The predicted octanol–water partition coefficient (Wildman–Crippen LogP) is 4.13. The van der Waals surface area contributed by atoms with Crippen molar-refractivity contribution in [2.45, 2.75) is 40.3 Å². The Labute approximate surface area is 169 Å². The lowest BCUT2D eigenvalue weighted by molar-refractivity contribution is 0.102. The molecule has 0 saturated heterocycles. The summed E-state index contributed by atoms with van der Waals surface area (Å²) in [7, 11) is 0. The second kappa shape index (κ2) is 7.50. The Bertz CT molecular complexity index is 1190. The van der Waals surface area contributed by atoms with Crippen LogP contribution in [-0.4, -0.2) is 30.5 Å². The average molecular weight is 388 g/mol. The number of nitrogens with zero attached hydrogens (tertiary/aromatic N) is 5. The fourth-order valence-corrected chi connectivity index (χ4v) is 3.41. The number of anilines is 1. The number of rotatable bonds is 5. The fourth-order valence-electron chi connectivity index (χ4n) is 3.41. The van der Waals surface area contributed by atoms with Gasteiger partial charge in [0, 0.05) is 22.7 Å². The molecule has 1 amide bonds. The van der Waals surface area contributed by atoms with Gasteiger partial charge < -0.3 is 5.32 Å². The van der Waals surface area contributed by atoms with E-state index in [1.807, 2.05) is 59.6 Å². The number of fused-ring (bicyclic) bond motifs is 1. The van der Waals surface area contributed by atoms with Gasteiger partial charge in [-0.25, -0.2) is 9.67 Å². The van der Waals surface area contributed by atoms with Crippen molar-refractivity contribution < 1.29 is 4.79 Å². The lowest BCUT2D eigenvalue weighted by Crippen LogP contribution is -2.13. The zero-order valence-corrected chi connectivity index (χ0v) is 17.0. The summed E-state index contributed by atoms with van der Waals surface area (Å²) in [5.74, 6) is -0.169. The predicted molar refractivity (Wildman–Crippen MR) is 113 cm³/mol. The molecule has 0 atom stereocenters. The van der Waals surface area contributed by atoms with Crippen LogP contribution < -0.4 is 5.32 Å². The Morgan fingerprint density at radius 2 is 1.97 bits per heavy atom. The second-order valence-corrected chi connectivity index (χ2v) is 7.56. The standard InChI is InChI=1S/C22H24N6O/c1-14(2)28-21-19(11-24-28)10-20(12-23-21)25-22(29)18-7-5-6-17(9-18)13-27-16(4)8-15(3)26-27/h5-12,14H,13H2,1-4H3,(H,25,29).